The first-order valence-corrected chi connectivity index (χ1v) is 9.74. The minimum atomic E-state index is -2.76. The lowest BCUT2D eigenvalue weighted by molar-refractivity contribution is 0.0606. The van der Waals surface area contributed by atoms with Crippen LogP contribution >= 0.6 is 22.9 Å². The van der Waals surface area contributed by atoms with Crippen molar-refractivity contribution < 1.29 is 23.1 Å². The summed E-state index contributed by atoms with van der Waals surface area (Å²) >= 11 is 7.37. The summed E-state index contributed by atoms with van der Waals surface area (Å²) in [6.07, 6.45) is -1.57. The monoisotopic (exact) mass is 450 g/mol. The molecule has 1 amide bonds. The van der Waals surface area contributed by atoms with E-state index in [4.69, 9.17) is 16.3 Å². The van der Waals surface area contributed by atoms with Gasteiger partial charge in [-0.25, -0.2) is 23.1 Å². The maximum atomic E-state index is 13.3. The summed E-state index contributed by atoms with van der Waals surface area (Å²) in [5.41, 5.74) is 0.526. The summed E-state index contributed by atoms with van der Waals surface area (Å²) in [5, 5.41) is 7.51. The highest BCUT2D eigenvalue weighted by atomic mass is 35.5. The van der Waals surface area contributed by atoms with Crippen LogP contribution in [-0.2, 0) is 4.74 Å². The first-order chi connectivity index (χ1) is 14.3. The summed E-state index contributed by atoms with van der Waals surface area (Å²) in [5.74, 6) is -1.10. The number of amides is 1. The molecule has 0 spiro atoms. The lowest BCUT2D eigenvalue weighted by Gasteiger charge is -2.07. The molecule has 0 aliphatic heterocycles. The third-order valence-electron chi connectivity index (χ3n) is 4.35. The molecule has 154 valence electrons. The maximum absolute atomic E-state index is 13.3. The van der Waals surface area contributed by atoms with Crippen LogP contribution < -0.4 is 5.32 Å². The van der Waals surface area contributed by atoms with Crippen LogP contribution in [0.25, 0.3) is 15.7 Å². The van der Waals surface area contributed by atoms with Crippen molar-refractivity contribution >= 4 is 56.2 Å². The SMILES string of the molecule is COC(=O)c1sc2cc(NC(=O)c3cnn4c(C(F)F)cc(C)nc34)ccc2c1Cl. The molecule has 0 saturated heterocycles. The zero-order valence-corrected chi connectivity index (χ0v) is 17.1. The summed E-state index contributed by atoms with van der Waals surface area (Å²) < 4.78 is 32.9. The van der Waals surface area contributed by atoms with Gasteiger partial charge in [0.05, 0.1) is 18.3 Å². The lowest BCUT2D eigenvalue weighted by atomic mass is 10.2. The number of aryl methyl sites for hydroxylation is 1. The Morgan fingerprint density at radius 3 is 2.77 bits per heavy atom. The Kier molecular flexibility index (Phi) is 5.12. The first kappa shape index (κ1) is 20.2. The van der Waals surface area contributed by atoms with E-state index in [1.807, 2.05) is 0 Å². The van der Waals surface area contributed by atoms with Gasteiger partial charge in [0.1, 0.15) is 16.1 Å². The molecule has 1 aromatic carbocycles. The smallest absolute Gasteiger partial charge is 0.349 e. The number of nitrogens with zero attached hydrogens (tertiary/aromatic N) is 3. The second-order valence-electron chi connectivity index (χ2n) is 6.32. The number of rotatable bonds is 4. The van der Waals surface area contributed by atoms with Crippen LogP contribution in [0.1, 0.15) is 37.8 Å². The number of ether oxygens (including phenoxy) is 1. The third kappa shape index (κ3) is 3.37. The number of benzene rings is 1. The first-order valence-electron chi connectivity index (χ1n) is 8.55. The van der Waals surface area contributed by atoms with E-state index in [-0.39, 0.29) is 26.8 Å². The van der Waals surface area contributed by atoms with Gasteiger partial charge in [0.15, 0.2) is 5.65 Å². The Morgan fingerprint density at radius 1 is 1.30 bits per heavy atom. The van der Waals surface area contributed by atoms with Gasteiger partial charge >= 0.3 is 5.97 Å². The number of alkyl halides is 2. The predicted octanol–water partition coefficient (Wildman–Crippen LogP) is 4.88. The molecule has 30 heavy (non-hydrogen) atoms. The molecule has 0 fully saturated rings. The average Bonchev–Trinajstić information content (AvgIpc) is 3.27. The summed E-state index contributed by atoms with van der Waals surface area (Å²) in [7, 11) is 1.26. The molecule has 0 atom stereocenters. The number of carbonyl (C=O) groups excluding carboxylic acids is 2. The van der Waals surface area contributed by atoms with Crippen LogP contribution in [0.4, 0.5) is 14.5 Å². The number of methoxy groups -OCH3 is 1. The van der Waals surface area contributed by atoms with E-state index in [2.05, 4.69) is 15.4 Å². The Balaban J connectivity index is 1.69. The Morgan fingerprint density at radius 2 is 2.07 bits per heavy atom. The van der Waals surface area contributed by atoms with Crippen LogP contribution in [0.15, 0.2) is 30.5 Å². The van der Waals surface area contributed by atoms with Crippen LogP contribution in [0.3, 0.4) is 0 Å². The van der Waals surface area contributed by atoms with Gasteiger partial charge in [0, 0.05) is 21.5 Å². The van der Waals surface area contributed by atoms with Crippen molar-refractivity contribution in [2.45, 2.75) is 13.3 Å². The number of thiophene rings is 1. The van der Waals surface area contributed by atoms with Crippen LogP contribution in [0, 0.1) is 6.92 Å². The van der Waals surface area contributed by atoms with Gasteiger partial charge in [-0.1, -0.05) is 11.6 Å². The molecule has 11 heteroatoms. The van der Waals surface area contributed by atoms with E-state index < -0.39 is 18.3 Å². The normalized spacial score (nSPS) is 11.4. The van der Waals surface area contributed by atoms with E-state index in [9.17, 15) is 18.4 Å². The van der Waals surface area contributed by atoms with Crippen molar-refractivity contribution in [3.8, 4) is 0 Å². The minimum absolute atomic E-state index is 0.0380. The number of esters is 1. The minimum Gasteiger partial charge on any atom is -0.465 e. The molecule has 0 bridgehead atoms. The Bertz CT molecular complexity index is 1320. The average molecular weight is 451 g/mol. The number of hydrogen-bond donors (Lipinski definition) is 1. The van der Waals surface area contributed by atoms with Crippen molar-refractivity contribution in [1.82, 2.24) is 14.6 Å². The quantitative estimate of drug-likeness (QED) is 0.448. The summed E-state index contributed by atoms with van der Waals surface area (Å²) in [6.45, 7) is 1.56. The van der Waals surface area contributed by atoms with Gasteiger partial charge in [-0.05, 0) is 31.2 Å². The molecular weight excluding hydrogens is 438 g/mol. The van der Waals surface area contributed by atoms with E-state index in [1.54, 1.807) is 25.1 Å². The summed E-state index contributed by atoms with van der Waals surface area (Å²) in [6, 6.07) is 6.17. The zero-order valence-electron chi connectivity index (χ0n) is 15.6. The fourth-order valence-electron chi connectivity index (χ4n) is 2.99. The predicted molar refractivity (Wildman–Crippen MR) is 109 cm³/mol. The van der Waals surface area contributed by atoms with Crippen LogP contribution in [0.5, 0.6) is 0 Å². The van der Waals surface area contributed by atoms with Gasteiger partial charge in [0.25, 0.3) is 12.3 Å². The molecule has 3 aromatic heterocycles. The van der Waals surface area contributed by atoms with Crippen molar-refractivity contribution in [2.75, 3.05) is 12.4 Å². The van der Waals surface area contributed by atoms with E-state index in [0.717, 1.165) is 15.9 Å². The zero-order chi connectivity index (χ0) is 21.6. The molecular formula is C19H13ClF2N4O3S. The number of hydrogen-bond acceptors (Lipinski definition) is 6. The number of carbonyl (C=O) groups is 2. The van der Waals surface area contributed by atoms with Gasteiger partial charge in [-0.3, -0.25) is 4.79 Å². The van der Waals surface area contributed by atoms with E-state index in [1.165, 1.54) is 19.4 Å². The third-order valence-corrected chi connectivity index (χ3v) is 5.99. The summed E-state index contributed by atoms with van der Waals surface area (Å²) in [4.78, 5) is 29.0. The lowest BCUT2D eigenvalue weighted by Crippen LogP contribution is -2.12. The van der Waals surface area contributed by atoms with Crippen LogP contribution in [0.2, 0.25) is 5.02 Å². The number of halogens is 3. The van der Waals surface area contributed by atoms with Gasteiger partial charge in [-0.2, -0.15) is 5.10 Å². The van der Waals surface area contributed by atoms with Crippen molar-refractivity contribution in [3.63, 3.8) is 0 Å². The number of aromatic nitrogens is 3. The molecule has 7 nitrogen and oxygen atoms in total. The van der Waals surface area contributed by atoms with E-state index >= 15 is 0 Å². The fourth-order valence-corrected chi connectivity index (χ4v) is 4.46. The molecule has 0 unspecified atom stereocenters. The number of anilines is 1. The molecule has 0 aliphatic rings. The standard InChI is InChI=1S/C19H13ClF2N4O3S/c1-8-5-12(16(21)22)26-17(24-8)11(7-23-26)18(27)25-9-3-4-10-13(6-9)30-15(14(10)20)19(28)29-2/h3-7,16H,1-2H3,(H,25,27). The molecule has 1 N–H and O–H groups in total. The number of fused-ring (bicyclic) bond motifs is 2. The Labute approximate surface area is 177 Å². The van der Waals surface area contributed by atoms with Gasteiger partial charge < -0.3 is 10.1 Å². The molecule has 4 rings (SSSR count). The fraction of sp³-hybridized carbons (Fsp3) is 0.158. The maximum Gasteiger partial charge on any atom is 0.349 e. The highest BCUT2D eigenvalue weighted by Gasteiger charge is 2.21. The van der Waals surface area contributed by atoms with Gasteiger partial charge in [0.2, 0.25) is 0 Å². The highest BCUT2D eigenvalue weighted by molar-refractivity contribution is 7.21. The Hall–Kier alpha value is -3.11. The molecule has 0 aliphatic carbocycles. The number of nitrogens with one attached hydrogen (secondary N) is 1. The molecule has 0 radical (unpaired) electrons. The molecule has 0 saturated carbocycles. The van der Waals surface area contributed by atoms with Crippen molar-refractivity contribution in [2.24, 2.45) is 0 Å². The van der Waals surface area contributed by atoms with E-state index in [0.29, 0.717) is 21.5 Å². The molecule has 4 aromatic rings. The second kappa shape index (κ2) is 7.62. The van der Waals surface area contributed by atoms with Crippen molar-refractivity contribution in [3.05, 3.63) is 57.3 Å². The topological polar surface area (TPSA) is 85.6 Å². The second-order valence-corrected chi connectivity index (χ2v) is 7.75. The highest BCUT2D eigenvalue weighted by Crippen LogP contribution is 2.37. The largest absolute Gasteiger partial charge is 0.465 e. The van der Waals surface area contributed by atoms with Crippen LogP contribution in [-0.4, -0.2) is 33.6 Å². The van der Waals surface area contributed by atoms with Gasteiger partial charge in [-0.15, -0.1) is 11.3 Å². The molecule has 3 heterocycles. The van der Waals surface area contributed by atoms with Crippen molar-refractivity contribution in [1.29, 1.82) is 0 Å².